The van der Waals surface area contributed by atoms with E-state index in [0.29, 0.717) is 34.4 Å². The molecule has 1 amide bonds. The van der Waals surface area contributed by atoms with Gasteiger partial charge in [-0.15, -0.1) is 0 Å². The van der Waals surface area contributed by atoms with E-state index in [4.69, 9.17) is 16.3 Å². The summed E-state index contributed by atoms with van der Waals surface area (Å²) in [6, 6.07) is 11.0. The molecule has 1 saturated heterocycles. The van der Waals surface area contributed by atoms with Crippen molar-refractivity contribution >= 4 is 29.0 Å². The van der Waals surface area contributed by atoms with Gasteiger partial charge in [0.15, 0.2) is 0 Å². The third-order valence-electron chi connectivity index (χ3n) is 4.94. The SMILES string of the molecule is COc1ccc(NC(=O)CCC2CCCN(c3ncccc3C#N)C2)cc1Cl. The summed E-state index contributed by atoms with van der Waals surface area (Å²) in [7, 11) is 1.55. The predicted molar refractivity (Wildman–Crippen MR) is 110 cm³/mol. The number of rotatable bonds is 6. The van der Waals surface area contributed by atoms with Gasteiger partial charge in [-0.3, -0.25) is 4.79 Å². The summed E-state index contributed by atoms with van der Waals surface area (Å²) in [5.74, 6) is 1.68. The van der Waals surface area contributed by atoms with Crippen molar-refractivity contribution in [3.63, 3.8) is 0 Å². The molecule has 1 atom stereocenters. The van der Waals surface area contributed by atoms with E-state index in [2.05, 4.69) is 21.3 Å². The molecule has 1 fully saturated rings. The second-order valence-electron chi connectivity index (χ2n) is 6.88. The van der Waals surface area contributed by atoms with Gasteiger partial charge in [-0.1, -0.05) is 11.6 Å². The number of anilines is 2. The highest BCUT2D eigenvalue weighted by molar-refractivity contribution is 6.32. The van der Waals surface area contributed by atoms with Gasteiger partial charge >= 0.3 is 0 Å². The monoisotopic (exact) mass is 398 g/mol. The molecule has 1 unspecified atom stereocenters. The van der Waals surface area contributed by atoms with Crippen LogP contribution in [0.15, 0.2) is 36.5 Å². The molecule has 1 N–H and O–H groups in total. The standard InChI is InChI=1S/C21H23ClN4O2/c1-28-19-8-7-17(12-18(19)22)25-20(27)9-6-15-4-3-11-26(14-15)21-16(13-23)5-2-10-24-21/h2,5,7-8,10,12,15H,3-4,6,9,11,14H2,1H3,(H,25,27). The zero-order valence-corrected chi connectivity index (χ0v) is 16.6. The molecule has 0 aliphatic carbocycles. The fraction of sp³-hybridized carbons (Fsp3) is 0.381. The first-order chi connectivity index (χ1) is 13.6. The third kappa shape index (κ3) is 4.93. The largest absolute Gasteiger partial charge is 0.495 e. The molecule has 1 aromatic carbocycles. The Morgan fingerprint density at radius 1 is 1.46 bits per heavy atom. The average Bonchev–Trinajstić information content (AvgIpc) is 2.72. The number of piperidine rings is 1. The number of benzene rings is 1. The molecule has 0 radical (unpaired) electrons. The van der Waals surface area contributed by atoms with Crippen LogP contribution in [0.1, 0.15) is 31.2 Å². The number of aromatic nitrogens is 1. The van der Waals surface area contributed by atoms with Crippen LogP contribution in [-0.4, -0.2) is 31.1 Å². The second-order valence-corrected chi connectivity index (χ2v) is 7.28. The van der Waals surface area contributed by atoms with Crippen LogP contribution < -0.4 is 15.0 Å². The zero-order valence-electron chi connectivity index (χ0n) is 15.8. The summed E-state index contributed by atoms with van der Waals surface area (Å²) in [6.07, 6.45) is 5.05. The minimum Gasteiger partial charge on any atom is -0.495 e. The molecule has 1 aromatic heterocycles. The van der Waals surface area contributed by atoms with Gasteiger partial charge in [0.25, 0.3) is 0 Å². The van der Waals surface area contributed by atoms with E-state index in [1.54, 1.807) is 43.6 Å². The molecule has 0 bridgehead atoms. The second kappa shape index (κ2) is 9.43. The number of nitriles is 1. The Balaban J connectivity index is 1.53. The third-order valence-corrected chi connectivity index (χ3v) is 5.24. The molecule has 2 heterocycles. The van der Waals surface area contributed by atoms with Crippen LogP contribution in [0.5, 0.6) is 5.75 Å². The molecule has 7 heteroatoms. The van der Waals surface area contributed by atoms with Crippen molar-refractivity contribution < 1.29 is 9.53 Å². The van der Waals surface area contributed by atoms with Crippen LogP contribution in [0, 0.1) is 17.2 Å². The van der Waals surface area contributed by atoms with Crippen molar-refractivity contribution in [2.24, 2.45) is 5.92 Å². The van der Waals surface area contributed by atoms with Gasteiger partial charge in [0.05, 0.1) is 17.7 Å². The number of carbonyl (C=O) groups excluding carboxylic acids is 1. The first-order valence-corrected chi connectivity index (χ1v) is 9.72. The van der Waals surface area contributed by atoms with Gasteiger partial charge in [0, 0.05) is 31.4 Å². The Hall–Kier alpha value is -2.78. The van der Waals surface area contributed by atoms with Crippen LogP contribution in [-0.2, 0) is 4.79 Å². The molecule has 0 spiro atoms. The maximum atomic E-state index is 12.3. The summed E-state index contributed by atoms with van der Waals surface area (Å²) in [6.45, 7) is 1.70. The fourth-order valence-corrected chi connectivity index (χ4v) is 3.79. The minimum absolute atomic E-state index is 0.0334. The van der Waals surface area contributed by atoms with Crippen LogP contribution in [0.4, 0.5) is 11.5 Å². The number of hydrogen-bond acceptors (Lipinski definition) is 5. The molecule has 0 saturated carbocycles. The summed E-state index contributed by atoms with van der Waals surface area (Å²) in [4.78, 5) is 18.9. The number of ether oxygens (including phenoxy) is 1. The van der Waals surface area contributed by atoms with Gasteiger partial charge in [-0.25, -0.2) is 4.98 Å². The molecule has 3 rings (SSSR count). The molecule has 146 valence electrons. The minimum atomic E-state index is -0.0334. The molecule has 2 aromatic rings. The molecular weight excluding hydrogens is 376 g/mol. The molecule has 1 aliphatic rings. The number of amides is 1. The topological polar surface area (TPSA) is 78.2 Å². The van der Waals surface area contributed by atoms with Crippen molar-refractivity contribution in [2.45, 2.75) is 25.7 Å². The average molecular weight is 399 g/mol. The van der Waals surface area contributed by atoms with Gasteiger partial charge in [0.2, 0.25) is 5.91 Å². The number of halogens is 1. The normalized spacial score (nSPS) is 16.3. The lowest BCUT2D eigenvalue weighted by Gasteiger charge is -2.34. The first kappa shape index (κ1) is 20.0. The Labute approximate surface area is 170 Å². The number of carbonyl (C=O) groups is 1. The Morgan fingerprint density at radius 3 is 3.07 bits per heavy atom. The van der Waals surface area contributed by atoms with E-state index in [1.165, 1.54) is 0 Å². The number of hydrogen-bond donors (Lipinski definition) is 1. The summed E-state index contributed by atoms with van der Waals surface area (Å²) in [5, 5.41) is 12.6. The zero-order chi connectivity index (χ0) is 19.9. The van der Waals surface area contributed by atoms with Crippen molar-refractivity contribution in [3.8, 4) is 11.8 Å². The van der Waals surface area contributed by atoms with E-state index in [1.807, 2.05) is 0 Å². The molecular formula is C21H23ClN4O2. The summed E-state index contributed by atoms with van der Waals surface area (Å²) in [5.41, 5.74) is 1.26. The summed E-state index contributed by atoms with van der Waals surface area (Å²) < 4.78 is 5.12. The smallest absolute Gasteiger partial charge is 0.224 e. The van der Waals surface area contributed by atoms with E-state index < -0.39 is 0 Å². The first-order valence-electron chi connectivity index (χ1n) is 9.34. The maximum Gasteiger partial charge on any atom is 0.224 e. The quantitative estimate of drug-likeness (QED) is 0.786. The van der Waals surface area contributed by atoms with Crippen molar-refractivity contribution in [1.82, 2.24) is 4.98 Å². The molecule has 6 nitrogen and oxygen atoms in total. The van der Waals surface area contributed by atoms with E-state index >= 15 is 0 Å². The van der Waals surface area contributed by atoms with Gasteiger partial charge in [-0.2, -0.15) is 5.26 Å². The Kier molecular flexibility index (Phi) is 6.72. The number of pyridine rings is 1. The van der Waals surface area contributed by atoms with E-state index in [0.717, 1.165) is 38.2 Å². The van der Waals surface area contributed by atoms with Crippen LogP contribution >= 0.6 is 11.6 Å². The van der Waals surface area contributed by atoms with Crippen molar-refractivity contribution in [2.75, 3.05) is 30.4 Å². The van der Waals surface area contributed by atoms with E-state index in [9.17, 15) is 10.1 Å². The van der Waals surface area contributed by atoms with Crippen LogP contribution in [0.25, 0.3) is 0 Å². The number of methoxy groups -OCH3 is 1. The van der Waals surface area contributed by atoms with E-state index in [-0.39, 0.29) is 5.91 Å². The highest BCUT2D eigenvalue weighted by Gasteiger charge is 2.23. The Bertz CT molecular complexity index is 881. The van der Waals surface area contributed by atoms with Gasteiger partial charge in [0.1, 0.15) is 17.6 Å². The summed E-state index contributed by atoms with van der Waals surface area (Å²) >= 11 is 6.10. The van der Waals surface area contributed by atoms with Crippen LogP contribution in [0.3, 0.4) is 0 Å². The fourth-order valence-electron chi connectivity index (χ4n) is 3.53. The lowest BCUT2D eigenvalue weighted by Crippen LogP contribution is -2.36. The van der Waals surface area contributed by atoms with Crippen molar-refractivity contribution in [1.29, 1.82) is 5.26 Å². The van der Waals surface area contributed by atoms with Crippen molar-refractivity contribution in [3.05, 3.63) is 47.1 Å². The van der Waals surface area contributed by atoms with Gasteiger partial charge < -0.3 is 15.0 Å². The maximum absolute atomic E-state index is 12.3. The predicted octanol–water partition coefficient (Wildman–Crippen LogP) is 4.25. The molecule has 28 heavy (non-hydrogen) atoms. The lowest BCUT2D eigenvalue weighted by atomic mass is 9.93. The lowest BCUT2D eigenvalue weighted by molar-refractivity contribution is -0.116. The van der Waals surface area contributed by atoms with Gasteiger partial charge in [-0.05, 0) is 55.5 Å². The number of nitrogens with zero attached hydrogens (tertiary/aromatic N) is 3. The highest BCUT2D eigenvalue weighted by atomic mass is 35.5. The number of nitrogens with one attached hydrogen (secondary N) is 1. The molecule has 1 aliphatic heterocycles. The Morgan fingerprint density at radius 2 is 2.32 bits per heavy atom. The highest BCUT2D eigenvalue weighted by Crippen LogP contribution is 2.28. The van der Waals surface area contributed by atoms with Crippen LogP contribution in [0.2, 0.25) is 5.02 Å².